The van der Waals surface area contributed by atoms with Crippen LogP contribution in [0.15, 0.2) is 52.3 Å². The molecular weight excluding hydrogens is 262 g/mol. The fraction of sp³-hybridized carbons (Fsp3) is 0.200. The van der Waals surface area contributed by atoms with Gasteiger partial charge in [-0.3, -0.25) is 0 Å². The molecule has 0 radical (unpaired) electrons. The highest BCUT2D eigenvalue weighted by Gasteiger charge is 2.17. The van der Waals surface area contributed by atoms with Crippen molar-refractivity contribution in [3.63, 3.8) is 0 Å². The molecule has 1 N–H and O–H groups in total. The van der Waals surface area contributed by atoms with Gasteiger partial charge in [-0.15, -0.1) is 11.6 Å². The largest absolute Gasteiger partial charge is 0.353 e. The van der Waals surface area contributed by atoms with Crippen LogP contribution in [0.1, 0.15) is 12.0 Å². The molecule has 0 fully saturated rings. The second-order valence-corrected chi connectivity index (χ2v) is 5.77. The first-order chi connectivity index (χ1) is 8.88. The number of aryl methyl sites for hydroxylation is 1. The van der Waals surface area contributed by atoms with E-state index in [1.807, 2.05) is 11.8 Å². The van der Waals surface area contributed by atoms with Gasteiger partial charge in [-0.2, -0.15) is 0 Å². The predicted molar refractivity (Wildman–Crippen MR) is 79.3 cm³/mol. The van der Waals surface area contributed by atoms with E-state index in [0.29, 0.717) is 5.88 Å². The van der Waals surface area contributed by atoms with Gasteiger partial charge >= 0.3 is 0 Å². The van der Waals surface area contributed by atoms with Gasteiger partial charge in [0.05, 0.1) is 11.4 Å². The lowest BCUT2D eigenvalue weighted by atomic mass is 10.1. The van der Waals surface area contributed by atoms with Crippen LogP contribution in [0, 0.1) is 0 Å². The predicted octanol–water partition coefficient (Wildman–Crippen LogP) is 5.07. The number of nitrogens with one attached hydrogen (secondary N) is 1. The Labute approximate surface area is 117 Å². The Balaban J connectivity index is 1.97. The van der Waals surface area contributed by atoms with Crippen LogP contribution in [0.3, 0.4) is 0 Å². The summed E-state index contributed by atoms with van der Waals surface area (Å²) in [6.07, 6.45) is 2.05. The Morgan fingerprint density at radius 1 is 1.00 bits per heavy atom. The summed E-state index contributed by atoms with van der Waals surface area (Å²) in [4.78, 5) is 2.60. The summed E-state index contributed by atoms with van der Waals surface area (Å²) in [5.74, 6) is 0.716. The maximum atomic E-state index is 5.79. The van der Waals surface area contributed by atoms with E-state index in [1.165, 1.54) is 26.7 Å². The molecule has 0 atom stereocenters. The van der Waals surface area contributed by atoms with Crippen molar-refractivity contribution in [2.24, 2.45) is 0 Å². The van der Waals surface area contributed by atoms with Crippen molar-refractivity contribution in [2.45, 2.75) is 22.6 Å². The van der Waals surface area contributed by atoms with Crippen LogP contribution >= 0.6 is 23.4 Å². The molecule has 0 saturated heterocycles. The molecule has 0 spiro atoms. The summed E-state index contributed by atoms with van der Waals surface area (Å²) in [7, 11) is 0. The third kappa shape index (κ3) is 2.23. The Bertz CT molecular complexity index is 568. The molecule has 1 nitrogen and oxygen atoms in total. The Morgan fingerprint density at radius 3 is 2.72 bits per heavy atom. The van der Waals surface area contributed by atoms with Crippen molar-refractivity contribution in [2.75, 3.05) is 11.2 Å². The number of rotatable bonds is 3. The average Bonchev–Trinajstić information content (AvgIpc) is 2.43. The molecule has 0 saturated carbocycles. The molecule has 2 aromatic rings. The number of hydrogen-bond donors (Lipinski definition) is 1. The van der Waals surface area contributed by atoms with Crippen LogP contribution in [0.5, 0.6) is 0 Å². The minimum Gasteiger partial charge on any atom is -0.353 e. The molecule has 0 unspecified atom stereocenters. The van der Waals surface area contributed by atoms with E-state index in [2.05, 4.69) is 47.8 Å². The molecule has 1 heterocycles. The van der Waals surface area contributed by atoms with E-state index < -0.39 is 0 Å². The molecule has 3 rings (SSSR count). The highest BCUT2D eigenvalue weighted by Crippen LogP contribution is 2.45. The van der Waals surface area contributed by atoms with Crippen LogP contribution in [0.25, 0.3) is 0 Å². The first kappa shape index (κ1) is 11.9. The second kappa shape index (κ2) is 5.25. The van der Waals surface area contributed by atoms with E-state index in [1.54, 1.807) is 0 Å². The van der Waals surface area contributed by atoms with E-state index in [0.717, 1.165) is 12.8 Å². The summed E-state index contributed by atoms with van der Waals surface area (Å²) in [5.41, 5.74) is 3.81. The van der Waals surface area contributed by atoms with Gasteiger partial charge in [-0.25, -0.2) is 0 Å². The zero-order chi connectivity index (χ0) is 12.4. The number of para-hydroxylation sites is 2. The molecule has 0 bridgehead atoms. The van der Waals surface area contributed by atoms with E-state index in [4.69, 9.17) is 11.6 Å². The van der Waals surface area contributed by atoms with Gasteiger partial charge in [0.1, 0.15) is 0 Å². The number of fused-ring (bicyclic) bond motifs is 2. The molecule has 0 aromatic heterocycles. The van der Waals surface area contributed by atoms with Crippen molar-refractivity contribution >= 4 is 34.7 Å². The summed E-state index contributed by atoms with van der Waals surface area (Å²) in [6.45, 7) is 0. The molecule has 92 valence electrons. The summed E-state index contributed by atoms with van der Waals surface area (Å²) in [5, 5.41) is 3.55. The zero-order valence-corrected chi connectivity index (χ0v) is 11.5. The number of alkyl halides is 1. The van der Waals surface area contributed by atoms with Gasteiger partial charge in [0.15, 0.2) is 0 Å². The molecule has 0 aliphatic carbocycles. The second-order valence-electron chi connectivity index (χ2n) is 4.31. The van der Waals surface area contributed by atoms with Crippen molar-refractivity contribution < 1.29 is 0 Å². The van der Waals surface area contributed by atoms with Crippen molar-refractivity contribution in [3.8, 4) is 0 Å². The molecule has 0 amide bonds. The lowest BCUT2D eigenvalue weighted by Gasteiger charge is -2.23. The van der Waals surface area contributed by atoms with Gasteiger partial charge in [0, 0.05) is 15.7 Å². The minimum absolute atomic E-state index is 0.716. The minimum atomic E-state index is 0.716. The van der Waals surface area contributed by atoms with E-state index in [9.17, 15) is 0 Å². The first-order valence-electron chi connectivity index (χ1n) is 6.10. The monoisotopic (exact) mass is 275 g/mol. The highest BCUT2D eigenvalue weighted by molar-refractivity contribution is 7.99. The number of benzene rings is 2. The smallest absolute Gasteiger partial charge is 0.0558 e. The number of hydrogen-bond acceptors (Lipinski definition) is 2. The van der Waals surface area contributed by atoms with Gasteiger partial charge in [0.25, 0.3) is 0 Å². The number of anilines is 2. The lowest BCUT2D eigenvalue weighted by Crippen LogP contribution is -2.03. The maximum Gasteiger partial charge on any atom is 0.0558 e. The standard InChI is InChI=1S/C15H14ClNS/c16-10-4-6-11-5-3-9-14-15(11)17-12-7-1-2-8-13(12)18-14/h1-3,5,7-9,17H,4,6,10H2. The van der Waals surface area contributed by atoms with Crippen LogP contribution < -0.4 is 5.32 Å². The summed E-state index contributed by atoms with van der Waals surface area (Å²) >= 11 is 7.62. The van der Waals surface area contributed by atoms with E-state index >= 15 is 0 Å². The summed E-state index contributed by atoms with van der Waals surface area (Å²) in [6, 6.07) is 14.9. The van der Waals surface area contributed by atoms with Crippen molar-refractivity contribution in [3.05, 3.63) is 48.0 Å². The van der Waals surface area contributed by atoms with Gasteiger partial charge in [0.2, 0.25) is 0 Å². The van der Waals surface area contributed by atoms with Crippen LogP contribution in [-0.2, 0) is 6.42 Å². The molecule has 1 aliphatic rings. The van der Waals surface area contributed by atoms with Gasteiger partial charge in [-0.1, -0.05) is 36.0 Å². The third-order valence-electron chi connectivity index (χ3n) is 3.06. The Kier molecular flexibility index (Phi) is 3.48. The Morgan fingerprint density at radius 2 is 1.83 bits per heavy atom. The van der Waals surface area contributed by atoms with Crippen molar-refractivity contribution in [1.82, 2.24) is 0 Å². The topological polar surface area (TPSA) is 12.0 Å². The zero-order valence-electron chi connectivity index (χ0n) is 9.95. The van der Waals surface area contributed by atoms with Crippen LogP contribution in [0.2, 0.25) is 0 Å². The normalized spacial score (nSPS) is 12.5. The van der Waals surface area contributed by atoms with Gasteiger partial charge in [-0.05, 0) is 36.6 Å². The highest BCUT2D eigenvalue weighted by atomic mass is 35.5. The molecule has 1 aliphatic heterocycles. The fourth-order valence-corrected chi connectivity index (χ4v) is 3.36. The summed E-state index contributed by atoms with van der Waals surface area (Å²) < 4.78 is 0. The average molecular weight is 276 g/mol. The third-order valence-corrected chi connectivity index (χ3v) is 4.46. The number of halogens is 1. The quantitative estimate of drug-likeness (QED) is 0.670. The molecule has 3 heteroatoms. The lowest BCUT2D eigenvalue weighted by molar-refractivity contribution is 0.926. The SMILES string of the molecule is ClCCCc1cccc2c1Nc1ccccc1S2. The van der Waals surface area contributed by atoms with Crippen molar-refractivity contribution in [1.29, 1.82) is 0 Å². The molecule has 2 aromatic carbocycles. The fourth-order valence-electron chi connectivity index (χ4n) is 2.18. The van der Waals surface area contributed by atoms with Gasteiger partial charge < -0.3 is 5.32 Å². The van der Waals surface area contributed by atoms with Crippen LogP contribution in [-0.4, -0.2) is 5.88 Å². The van der Waals surface area contributed by atoms with Crippen LogP contribution in [0.4, 0.5) is 11.4 Å². The Hall–Kier alpha value is -1.12. The first-order valence-corrected chi connectivity index (χ1v) is 7.45. The van der Waals surface area contributed by atoms with E-state index in [-0.39, 0.29) is 0 Å². The molecular formula is C15H14ClNS. The maximum absolute atomic E-state index is 5.79. The molecule has 18 heavy (non-hydrogen) atoms.